The normalized spacial score (nSPS) is 18.9. The van der Waals surface area contributed by atoms with Gasteiger partial charge in [-0.2, -0.15) is 4.98 Å². The Morgan fingerprint density at radius 3 is 2.64 bits per heavy atom. The van der Waals surface area contributed by atoms with Crippen LogP contribution >= 0.6 is 0 Å². The number of aryl methyl sites for hydroxylation is 1. The van der Waals surface area contributed by atoms with Crippen molar-refractivity contribution in [2.45, 2.75) is 57.5 Å². The lowest BCUT2D eigenvalue weighted by Crippen LogP contribution is -2.35. The third-order valence-electron chi connectivity index (χ3n) is 7.46. The maximum absolute atomic E-state index is 5.40. The number of benzene rings is 3. The predicted molar refractivity (Wildman–Crippen MR) is 140 cm³/mol. The Kier molecular flexibility index (Phi) is 6.11. The lowest BCUT2D eigenvalue weighted by atomic mass is 9.80. The molecule has 5 aromatic rings. The zero-order valence-corrected chi connectivity index (χ0v) is 20.6. The van der Waals surface area contributed by atoms with Gasteiger partial charge in [0, 0.05) is 17.6 Å². The predicted octanol–water partition coefficient (Wildman–Crippen LogP) is 7.23. The number of fused-ring (bicyclic) bond motifs is 1. The smallest absolute Gasteiger partial charge is 0.295 e. The number of aromatic nitrogens is 3. The van der Waals surface area contributed by atoms with Gasteiger partial charge in [0.25, 0.3) is 5.89 Å². The molecular weight excluding hydrogens is 448 g/mol. The third-order valence-corrected chi connectivity index (χ3v) is 7.46. The molecule has 6 nitrogen and oxygen atoms in total. The highest BCUT2D eigenvalue weighted by atomic mass is 16.5. The molecule has 36 heavy (non-hydrogen) atoms. The summed E-state index contributed by atoms with van der Waals surface area (Å²) in [7, 11) is 0. The van der Waals surface area contributed by atoms with Crippen LogP contribution in [0.5, 0.6) is 0 Å². The van der Waals surface area contributed by atoms with Crippen LogP contribution in [0.4, 0.5) is 0 Å². The molecule has 1 saturated carbocycles. The van der Waals surface area contributed by atoms with Gasteiger partial charge in [-0.25, -0.2) is 4.98 Å². The maximum Gasteiger partial charge on any atom is 0.295 e. The van der Waals surface area contributed by atoms with Crippen LogP contribution in [0.3, 0.4) is 0 Å². The van der Waals surface area contributed by atoms with Gasteiger partial charge in [-0.1, -0.05) is 78.3 Å². The van der Waals surface area contributed by atoms with Crippen LogP contribution in [0.1, 0.15) is 61.4 Å². The number of oxazole rings is 1. The van der Waals surface area contributed by atoms with Crippen molar-refractivity contribution in [1.29, 1.82) is 0 Å². The average Bonchev–Trinajstić information content (AvgIpc) is 3.57. The summed E-state index contributed by atoms with van der Waals surface area (Å²) < 4.78 is 10.8. The molecule has 1 N–H and O–H groups in total. The molecule has 0 saturated heterocycles. The van der Waals surface area contributed by atoms with Gasteiger partial charge in [0.1, 0.15) is 0 Å². The highest BCUT2D eigenvalue weighted by molar-refractivity contribution is 5.86. The molecule has 3 aromatic carbocycles. The van der Waals surface area contributed by atoms with Gasteiger partial charge >= 0.3 is 0 Å². The molecule has 0 amide bonds. The van der Waals surface area contributed by atoms with Crippen LogP contribution in [0, 0.1) is 6.92 Å². The Hall–Kier alpha value is -3.77. The highest BCUT2D eigenvalue weighted by Gasteiger charge is 2.25. The fourth-order valence-electron chi connectivity index (χ4n) is 5.56. The summed E-state index contributed by atoms with van der Waals surface area (Å²) in [6, 6.07) is 24.7. The molecular formula is C30H30N4O2. The average molecular weight is 479 g/mol. The lowest BCUT2D eigenvalue weighted by Gasteiger charge is -2.32. The van der Waals surface area contributed by atoms with E-state index in [4.69, 9.17) is 8.94 Å². The minimum Gasteiger partial charge on any atom is -0.438 e. The SMILES string of the molecule is Cc1ncoc1-c1nc(-c2ccc([C@H]3CCC[C@H](N[C@H](C)c4cccc5ccccc45)C3)cc2)no1. The Labute approximate surface area is 210 Å². The fourth-order valence-corrected chi connectivity index (χ4v) is 5.56. The number of rotatable bonds is 6. The summed E-state index contributed by atoms with van der Waals surface area (Å²) in [6.07, 6.45) is 6.20. The molecule has 0 unspecified atom stereocenters. The zero-order valence-electron chi connectivity index (χ0n) is 20.6. The van der Waals surface area contributed by atoms with Crippen LogP contribution < -0.4 is 5.32 Å². The maximum atomic E-state index is 5.40. The Morgan fingerprint density at radius 2 is 1.81 bits per heavy atom. The fraction of sp³-hybridized carbons (Fsp3) is 0.300. The van der Waals surface area contributed by atoms with E-state index >= 15 is 0 Å². The second-order valence-corrected chi connectivity index (χ2v) is 9.83. The first-order valence-electron chi connectivity index (χ1n) is 12.7. The summed E-state index contributed by atoms with van der Waals surface area (Å²) in [6.45, 7) is 4.15. The van der Waals surface area contributed by atoms with E-state index in [9.17, 15) is 0 Å². The third kappa shape index (κ3) is 4.44. The van der Waals surface area contributed by atoms with E-state index in [0.717, 1.165) is 17.7 Å². The molecule has 2 heterocycles. The molecule has 182 valence electrons. The first-order valence-corrected chi connectivity index (χ1v) is 12.7. The van der Waals surface area contributed by atoms with E-state index in [2.05, 4.69) is 94.1 Å². The first-order chi connectivity index (χ1) is 17.7. The molecule has 1 fully saturated rings. The lowest BCUT2D eigenvalue weighted by molar-refractivity contribution is 0.319. The van der Waals surface area contributed by atoms with E-state index in [0.29, 0.717) is 35.5 Å². The highest BCUT2D eigenvalue weighted by Crippen LogP contribution is 2.35. The molecule has 1 aliphatic carbocycles. The topological polar surface area (TPSA) is 77.0 Å². The zero-order chi connectivity index (χ0) is 24.5. The minimum atomic E-state index is 0.308. The molecule has 6 heteroatoms. The van der Waals surface area contributed by atoms with Gasteiger partial charge in [0.15, 0.2) is 6.39 Å². The van der Waals surface area contributed by atoms with Gasteiger partial charge < -0.3 is 14.3 Å². The van der Waals surface area contributed by atoms with Crippen molar-refractivity contribution in [3.8, 4) is 23.0 Å². The molecule has 0 radical (unpaired) electrons. The summed E-state index contributed by atoms with van der Waals surface area (Å²) in [5.41, 5.74) is 4.41. The minimum absolute atomic E-state index is 0.308. The van der Waals surface area contributed by atoms with E-state index in [1.54, 1.807) is 0 Å². The van der Waals surface area contributed by atoms with Gasteiger partial charge in [0.05, 0.1) is 5.69 Å². The largest absolute Gasteiger partial charge is 0.438 e. The van der Waals surface area contributed by atoms with Crippen molar-refractivity contribution in [2.75, 3.05) is 0 Å². The second-order valence-electron chi connectivity index (χ2n) is 9.83. The molecule has 0 aliphatic heterocycles. The van der Waals surface area contributed by atoms with E-state index in [-0.39, 0.29) is 0 Å². The van der Waals surface area contributed by atoms with Crippen LogP contribution in [-0.2, 0) is 0 Å². The van der Waals surface area contributed by atoms with Gasteiger partial charge in [-0.15, -0.1) is 0 Å². The van der Waals surface area contributed by atoms with Crippen LogP contribution in [-0.4, -0.2) is 21.2 Å². The molecule has 0 bridgehead atoms. The summed E-state index contributed by atoms with van der Waals surface area (Å²) in [4.78, 5) is 8.59. The Balaban J connectivity index is 1.14. The summed E-state index contributed by atoms with van der Waals surface area (Å²) in [5, 5.41) is 10.7. The second kappa shape index (κ2) is 9.70. The molecule has 3 atom stereocenters. The number of nitrogens with one attached hydrogen (secondary N) is 1. The quantitative estimate of drug-likeness (QED) is 0.277. The Morgan fingerprint density at radius 1 is 0.972 bits per heavy atom. The molecule has 6 rings (SSSR count). The summed E-state index contributed by atoms with van der Waals surface area (Å²) >= 11 is 0. The number of nitrogens with zero attached hydrogens (tertiary/aromatic N) is 3. The molecule has 2 aromatic heterocycles. The van der Waals surface area contributed by atoms with E-state index in [1.807, 2.05) is 6.92 Å². The van der Waals surface area contributed by atoms with Crippen molar-refractivity contribution in [3.63, 3.8) is 0 Å². The van der Waals surface area contributed by atoms with Crippen LogP contribution in [0.15, 0.2) is 82.1 Å². The monoisotopic (exact) mass is 478 g/mol. The molecule has 0 spiro atoms. The standard InChI is InChI=1S/C30H30N4O2/c1-19(26-12-6-8-22-7-3-4-11-27(22)26)32-25-10-5-9-24(17-25)21-13-15-23(16-14-21)29-33-30(36-34-29)28-20(2)31-18-35-28/h3-4,6-8,11-16,18-19,24-25,32H,5,9-10,17H2,1-2H3/t19-,24+,25+/m1/s1. The van der Waals surface area contributed by atoms with Gasteiger partial charge in [0.2, 0.25) is 11.6 Å². The number of hydrogen-bond donors (Lipinski definition) is 1. The van der Waals surface area contributed by atoms with Gasteiger partial charge in [-0.05, 0) is 60.9 Å². The molecule has 1 aliphatic rings. The summed E-state index contributed by atoms with van der Waals surface area (Å²) in [5.74, 6) is 1.97. The Bertz CT molecular complexity index is 1460. The van der Waals surface area contributed by atoms with Crippen molar-refractivity contribution >= 4 is 10.8 Å². The van der Waals surface area contributed by atoms with Crippen molar-refractivity contribution in [1.82, 2.24) is 20.4 Å². The number of hydrogen-bond acceptors (Lipinski definition) is 6. The van der Waals surface area contributed by atoms with Gasteiger partial charge in [-0.3, -0.25) is 0 Å². The van der Waals surface area contributed by atoms with E-state index < -0.39 is 0 Å². The first kappa shape index (κ1) is 22.7. The van der Waals surface area contributed by atoms with Crippen molar-refractivity contribution < 1.29 is 8.94 Å². The van der Waals surface area contributed by atoms with E-state index in [1.165, 1.54) is 47.6 Å². The van der Waals surface area contributed by atoms with Crippen LogP contribution in [0.2, 0.25) is 0 Å². The van der Waals surface area contributed by atoms with Crippen LogP contribution in [0.25, 0.3) is 33.8 Å². The van der Waals surface area contributed by atoms with Crippen molar-refractivity contribution in [2.24, 2.45) is 0 Å². The van der Waals surface area contributed by atoms with Crippen molar-refractivity contribution in [3.05, 3.63) is 89.9 Å².